The van der Waals surface area contributed by atoms with Gasteiger partial charge in [0, 0.05) is 15.8 Å². The summed E-state index contributed by atoms with van der Waals surface area (Å²) in [6.45, 7) is 3.16. The summed E-state index contributed by atoms with van der Waals surface area (Å²) in [6.07, 6.45) is 2.31. The fraction of sp³-hybridized carbons (Fsp3) is 0.500. The Hall–Kier alpha value is -0.820. The molecule has 3 aliphatic heterocycles. The summed E-state index contributed by atoms with van der Waals surface area (Å²) in [5.74, 6) is 0.243. The molecule has 19 heavy (non-hydrogen) atoms. The second-order valence-corrected chi connectivity index (χ2v) is 6.56. The van der Waals surface area contributed by atoms with Crippen LogP contribution in [0.25, 0.3) is 0 Å². The lowest BCUT2D eigenvalue weighted by atomic mass is 9.86. The van der Waals surface area contributed by atoms with Crippen LogP contribution in [0.4, 0.5) is 5.69 Å². The quantitative estimate of drug-likeness (QED) is 0.492. The first-order chi connectivity index (χ1) is 9.13. The molecule has 3 aliphatic rings. The fourth-order valence-corrected chi connectivity index (χ4v) is 3.44. The molecule has 3 saturated heterocycles. The average Bonchev–Trinajstić information content (AvgIpc) is 2.43. The molecule has 1 aromatic rings. The van der Waals surface area contributed by atoms with Gasteiger partial charge in [-0.25, -0.2) is 4.79 Å². The molecular weight excluding hydrogens is 353 g/mol. The van der Waals surface area contributed by atoms with Crippen LogP contribution in [0.3, 0.4) is 0 Å². The number of halogens is 1. The number of carbonyl (C=O) groups excluding carboxylic acids is 1. The van der Waals surface area contributed by atoms with Crippen molar-refractivity contribution < 1.29 is 9.53 Å². The number of nitrogens with two attached hydrogens (primary N) is 1. The number of nitrogen functional groups attached to an aromatic ring is 1. The summed E-state index contributed by atoms with van der Waals surface area (Å²) in [5.41, 5.74) is 6.84. The van der Waals surface area contributed by atoms with Gasteiger partial charge in [0.2, 0.25) is 0 Å². The first kappa shape index (κ1) is 13.2. The van der Waals surface area contributed by atoms with Crippen LogP contribution in [0.2, 0.25) is 0 Å². The predicted molar refractivity (Wildman–Crippen MR) is 81.9 cm³/mol. The highest BCUT2D eigenvalue weighted by atomic mass is 125. The van der Waals surface area contributed by atoms with E-state index < -0.39 is 0 Å². The molecule has 4 rings (SSSR count). The lowest BCUT2D eigenvalue weighted by Gasteiger charge is -2.43. The first-order valence-electron chi connectivity index (χ1n) is 6.62. The van der Waals surface area contributed by atoms with Gasteiger partial charge < -0.3 is 10.5 Å². The Morgan fingerprint density at radius 1 is 1.37 bits per heavy atom. The summed E-state index contributed by atoms with van der Waals surface area (Å²) >= 11 is 2.17. The Morgan fingerprint density at radius 2 is 2.11 bits per heavy atom. The number of carbonyl (C=O) groups is 1. The van der Waals surface area contributed by atoms with E-state index in [0.717, 1.165) is 36.0 Å². The number of benzene rings is 1. The Morgan fingerprint density at radius 3 is 2.74 bits per heavy atom. The number of hydrogen-bond acceptors (Lipinski definition) is 4. The molecule has 0 saturated carbocycles. The van der Waals surface area contributed by atoms with Gasteiger partial charge in [0.05, 0.1) is 5.56 Å². The Balaban J connectivity index is 1.73. The van der Waals surface area contributed by atoms with E-state index in [1.54, 1.807) is 12.1 Å². The maximum atomic E-state index is 12.2. The summed E-state index contributed by atoms with van der Waals surface area (Å²) in [5, 5.41) is 0. The van der Waals surface area contributed by atoms with Crippen LogP contribution < -0.4 is 5.73 Å². The third kappa shape index (κ3) is 2.72. The van der Waals surface area contributed by atoms with Crippen molar-refractivity contribution in [2.24, 2.45) is 5.92 Å². The topological polar surface area (TPSA) is 55.6 Å². The minimum Gasteiger partial charge on any atom is -0.457 e. The Labute approximate surface area is 126 Å². The molecule has 1 aromatic carbocycles. The van der Waals surface area contributed by atoms with Crippen LogP contribution in [0.15, 0.2) is 18.2 Å². The molecule has 3 fully saturated rings. The van der Waals surface area contributed by atoms with Crippen LogP contribution in [0, 0.1) is 9.49 Å². The van der Waals surface area contributed by atoms with Crippen molar-refractivity contribution in [2.75, 3.05) is 25.4 Å². The van der Waals surface area contributed by atoms with Gasteiger partial charge in [-0.05, 0) is 72.6 Å². The molecule has 1 unspecified atom stereocenters. The standard InChI is InChI=1S/C14H17IN2O2/c15-10-1-2-12(16)11(7-10)14(18)19-13-8-17-5-3-9(13)4-6-17/h1-2,7,9,13H,3-6,8,16H2/i15-2. The molecule has 0 spiro atoms. The lowest BCUT2D eigenvalue weighted by molar-refractivity contribution is -0.0455. The normalized spacial score (nSPS) is 29.2. The van der Waals surface area contributed by atoms with E-state index in [-0.39, 0.29) is 12.1 Å². The highest BCUT2D eigenvalue weighted by Crippen LogP contribution is 2.30. The van der Waals surface area contributed by atoms with Gasteiger partial charge in [0.1, 0.15) is 6.10 Å². The van der Waals surface area contributed by atoms with Gasteiger partial charge in [0.15, 0.2) is 0 Å². The van der Waals surface area contributed by atoms with Crippen LogP contribution in [0.5, 0.6) is 0 Å². The maximum Gasteiger partial charge on any atom is 0.340 e. The van der Waals surface area contributed by atoms with E-state index in [9.17, 15) is 4.79 Å². The second kappa shape index (κ2) is 5.28. The zero-order valence-electron chi connectivity index (χ0n) is 10.6. The van der Waals surface area contributed by atoms with Gasteiger partial charge in [-0.2, -0.15) is 0 Å². The monoisotopic (exact) mass is 370 g/mol. The van der Waals surface area contributed by atoms with Gasteiger partial charge in [-0.1, -0.05) is 0 Å². The zero-order valence-corrected chi connectivity index (χ0v) is 12.8. The number of hydrogen-bond donors (Lipinski definition) is 1. The van der Waals surface area contributed by atoms with Crippen LogP contribution in [-0.4, -0.2) is 36.6 Å². The fourth-order valence-electron chi connectivity index (χ4n) is 2.95. The summed E-state index contributed by atoms with van der Waals surface area (Å²) in [6, 6.07) is 5.44. The molecule has 5 heteroatoms. The molecule has 102 valence electrons. The van der Waals surface area contributed by atoms with Crippen molar-refractivity contribution in [1.82, 2.24) is 4.90 Å². The van der Waals surface area contributed by atoms with E-state index >= 15 is 0 Å². The Bertz CT molecular complexity index is 498. The first-order valence-corrected chi connectivity index (χ1v) is 7.70. The zero-order chi connectivity index (χ0) is 13.4. The third-order valence-electron chi connectivity index (χ3n) is 4.09. The maximum absolute atomic E-state index is 12.2. The van der Waals surface area contributed by atoms with Crippen molar-refractivity contribution in [3.63, 3.8) is 0 Å². The van der Waals surface area contributed by atoms with Crippen LogP contribution in [-0.2, 0) is 4.74 Å². The molecule has 0 aliphatic carbocycles. The van der Waals surface area contributed by atoms with Gasteiger partial charge in [0.25, 0.3) is 0 Å². The second-order valence-electron chi connectivity index (χ2n) is 5.31. The number of esters is 1. The summed E-state index contributed by atoms with van der Waals surface area (Å²) < 4.78 is 6.68. The molecule has 0 radical (unpaired) electrons. The molecule has 1 atom stereocenters. The number of anilines is 1. The number of piperidine rings is 3. The molecule has 3 heterocycles. The molecule has 2 bridgehead atoms. The van der Waals surface area contributed by atoms with E-state index in [4.69, 9.17) is 10.5 Å². The predicted octanol–water partition coefficient (Wildman–Crippen LogP) is 2.12. The molecule has 0 amide bonds. The van der Waals surface area contributed by atoms with E-state index in [0.29, 0.717) is 17.2 Å². The van der Waals surface area contributed by atoms with Gasteiger partial charge in [-0.15, -0.1) is 0 Å². The van der Waals surface area contributed by atoms with Crippen molar-refractivity contribution in [2.45, 2.75) is 18.9 Å². The smallest absolute Gasteiger partial charge is 0.340 e. The van der Waals surface area contributed by atoms with E-state index in [1.807, 2.05) is 6.07 Å². The van der Waals surface area contributed by atoms with Crippen molar-refractivity contribution in [1.29, 1.82) is 0 Å². The summed E-state index contributed by atoms with van der Waals surface area (Å²) in [4.78, 5) is 14.6. The molecule has 4 nitrogen and oxygen atoms in total. The van der Waals surface area contributed by atoms with E-state index in [2.05, 4.69) is 27.5 Å². The number of rotatable bonds is 2. The van der Waals surface area contributed by atoms with Crippen LogP contribution in [0.1, 0.15) is 23.2 Å². The molecule has 0 aromatic heterocycles. The van der Waals surface area contributed by atoms with Crippen molar-refractivity contribution in [3.05, 3.63) is 27.3 Å². The summed E-state index contributed by atoms with van der Waals surface area (Å²) in [7, 11) is 0. The number of nitrogens with zero attached hydrogens (tertiary/aromatic N) is 1. The van der Waals surface area contributed by atoms with Crippen molar-refractivity contribution >= 4 is 34.2 Å². The highest BCUT2D eigenvalue weighted by Gasteiger charge is 2.36. The number of fused-ring (bicyclic) bond motifs is 3. The SMILES string of the molecule is Nc1ccc([125I])cc1C(=O)OC1CN2CCC1CC2. The Kier molecular flexibility index (Phi) is 3.66. The molecular formula is C14H17IN2O2. The lowest BCUT2D eigenvalue weighted by Crippen LogP contribution is -2.51. The van der Waals surface area contributed by atoms with E-state index in [1.165, 1.54) is 0 Å². The van der Waals surface area contributed by atoms with Gasteiger partial charge in [-0.3, -0.25) is 4.90 Å². The molecule has 2 N–H and O–H groups in total. The average molecular weight is 370 g/mol. The number of ether oxygens (including phenoxy) is 1. The minimum absolute atomic E-state index is 0.0345. The minimum atomic E-state index is -0.283. The third-order valence-corrected chi connectivity index (χ3v) is 4.76. The van der Waals surface area contributed by atoms with Crippen molar-refractivity contribution in [3.8, 4) is 0 Å². The highest BCUT2D eigenvalue weighted by molar-refractivity contribution is 14.1. The van der Waals surface area contributed by atoms with Gasteiger partial charge >= 0.3 is 5.97 Å². The largest absolute Gasteiger partial charge is 0.457 e. The van der Waals surface area contributed by atoms with Crippen LogP contribution >= 0.6 is 22.6 Å².